The van der Waals surface area contributed by atoms with Gasteiger partial charge in [0.05, 0.1) is 19.4 Å². The number of nitrogens with one attached hydrogen (secondary N) is 1. The second-order valence-corrected chi connectivity index (χ2v) is 7.78. The lowest BCUT2D eigenvalue weighted by Gasteiger charge is -2.16. The Labute approximate surface area is 191 Å². The normalized spacial score (nSPS) is 12.8. The molecule has 32 heavy (non-hydrogen) atoms. The van der Waals surface area contributed by atoms with Crippen LogP contribution in [0.3, 0.4) is 0 Å². The lowest BCUT2D eigenvalue weighted by Crippen LogP contribution is -2.08. The third kappa shape index (κ3) is 6.54. The first kappa shape index (κ1) is 23.7. The van der Waals surface area contributed by atoms with Crippen LogP contribution in [0.5, 0.6) is 11.6 Å². The van der Waals surface area contributed by atoms with Crippen LogP contribution in [0, 0.1) is 11.6 Å². The number of pyridine rings is 2. The van der Waals surface area contributed by atoms with Crippen LogP contribution >= 0.6 is 12.6 Å². The maximum absolute atomic E-state index is 14.5. The number of thiol groups is 1. The molecule has 0 spiro atoms. The van der Waals surface area contributed by atoms with Crippen molar-refractivity contribution in [3.63, 3.8) is 0 Å². The molecular formula is C23H26F2N4O2S. The second-order valence-electron chi connectivity index (χ2n) is 7.47. The predicted octanol–water partition coefficient (Wildman–Crippen LogP) is 5.11. The molecule has 4 rings (SSSR count). The number of benzene rings is 1. The number of nitrogens with two attached hydrogens (primary N) is 1. The third-order valence-corrected chi connectivity index (χ3v) is 4.55. The summed E-state index contributed by atoms with van der Waals surface area (Å²) in [5.74, 6) is 1.13. The van der Waals surface area contributed by atoms with E-state index in [1.54, 1.807) is 6.07 Å². The summed E-state index contributed by atoms with van der Waals surface area (Å²) < 4.78 is 39.6. The largest absolute Gasteiger partial charge is 0.493 e. The third-order valence-electron chi connectivity index (χ3n) is 4.19. The van der Waals surface area contributed by atoms with E-state index in [4.69, 9.17) is 15.2 Å². The number of fused-ring (bicyclic) bond motifs is 6. The zero-order valence-corrected chi connectivity index (χ0v) is 18.8. The number of hydrogen-bond acceptors (Lipinski definition) is 7. The molecule has 0 fully saturated rings. The maximum atomic E-state index is 14.5. The monoisotopic (exact) mass is 460 g/mol. The summed E-state index contributed by atoms with van der Waals surface area (Å²) in [6, 6.07) is 9.51. The number of anilines is 2. The number of hydrogen-bond donors (Lipinski definition) is 3. The van der Waals surface area contributed by atoms with Gasteiger partial charge in [-0.25, -0.2) is 13.8 Å². The average Bonchev–Trinajstić information content (AvgIpc) is 2.74. The van der Waals surface area contributed by atoms with Gasteiger partial charge in [0.1, 0.15) is 29.0 Å². The molecule has 9 heteroatoms. The first-order chi connectivity index (χ1) is 15.4. The van der Waals surface area contributed by atoms with Crippen molar-refractivity contribution < 1.29 is 18.3 Å². The first-order valence-electron chi connectivity index (χ1n) is 10.2. The Morgan fingerprint density at radius 2 is 1.81 bits per heavy atom. The highest BCUT2D eigenvalue weighted by molar-refractivity contribution is 7.79. The van der Waals surface area contributed by atoms with E-state index >= 15 is 0 Å². The summed E-state index contributed by atoms with van der Waals surface area (Å²) in [6.07, 6.45) is 1.66. The van der Waals surface area contributed by atoms with Gasteiger partial charge in [-0.2, -0.15) is 17.6 Å². The molecule has 0 saturated carbocycles. The lowest BCUT2D eigenvalue weighted by molar-refractivity contribution is 0.242. The van der Waals surface area contributed by atoms with Crippen LogP contribution in [0.1, 0.15) is 25.8 Å². The quantitative estimate of drug-likeness (QED) is 0.438. The van der Waals surface area contributed by atoms with Gasteiger partial charge in [0.2, 0.25) is 5.88 Å². The van der Waals surface area contributed by atoms with E-state index in [0.29, 0.717) is 47.9 Å². The summed E-state index contributed by atoms with van der Waals surface area (Å²) in [7, 11) is 0. The van der Waals surface area contributed by atoms with Crippen LogP contribution in [0.15, 0.2) is 42.6 Å². The van der Waals surface area contributed by atoms with Crippen molar-refractivity contribution in [2.24, 2.45) is 5.73 Å². The van der Waals surface area contributed by atoms with Crippen LogP contribution in [0.4, 0.5) is 20.4 Å². The fourth-order valence-electron chi connectivity index (χ4n) is 2.89. The highest BCUT2D eigenvalue weighted by Gasteiger charge is 2.15. The van der Waals surface area contributed by atoms with Gasteiger partial charge in [-0.1, -0.05) is 13.8 Å². The Hall–Kier alpha value is -2.91. The standard InChI is InChI=1S/C20H17F2N3O2S.C3H9N/c21-13-2-3-14-15-9-18(23-10-16(15)22)24-19-6-12(11-28)7-20(25-19)27-5-1-4-26-17(14)8-13;1-3(2)4/h2-3,6-10,28H,1,4-5,11H2,(H,23,24,25);3H,4H2,1-2H3. The minimum atomic E-state index is -0.532. The highest BCUT2D eigenvalue weighted by atomic mass is 32.1. The molecule has 1 aromatic carbocycles. The van der Waals surface area contributed by atoms with Crippen molar-refractivity contribution in [2.75, 3.05) is 18.5 Å². The van der Waals surface area contributed by atoms with Crippen LogP contribution in [-0.2, 0) is 5.75 Å². The van der Waals surface area contributed by atoms with E-state index in [1.165, 1.54) is 24.3 Å². The van der Waals surface area contributed by atoms with E-state index in [1.807, 2.05) is 19.9 Å². The van der Waals surface area contributed by atoms with Crippen LogP contribution < -0.4 is 20.5 Å². The van der Waals surface area contributed by atoms with Gasteiger partial charge in [0.15, 0.2) is 0 Å². The summed E-state index contributed by atoms with van der Waals surface area (Å²) in [4.78, 5) is 8.49. The van der Waals surface area contributed by atoms with Gasteiger partial charge in [0.25, 0.3) is 0 Å². The minimum absolute atomic E-state index is 0.256. The molecule has 1 aliphatic rings. The molecule has 3 N–H and O–H groups in total. The van der Waals surface area contributed by atoms with Crippen LogP contribution in [0.2, 0.25) is 0 Å². The van der Waals surface area contributed by atoms with Crippen LogP contribution in [-0.4, -0.2) is 29.2 Å². The molecule has 3 heterocycles. The van der Waals surface area contributed by atoms with E-state index < -0.39 is 11.6 Å². The molecule has 3 aromatic rings. The summed E-state index contributed by atoms with van der Waals surface area (Å²) in [6.45, 7) is 4.54. The smallest absolute Gasteiger partial charge is 0.215 e. The Bertz CT molecular complexity index is 1060. The van der Waals surface area contributed by atoms with E-state index in [-0.39, 0.29) is 17.9 Å². The van der Waals surface area contributed by atoms with Gasteiger partial charge >= 0.3 is 0 Å². The summed E-state index contributed by atoms with van der Waals surface area (Å²) in [5.41, 5.74) is 6.73. The van der Waals surface area contributed by atoms with Gasteiger partial charge in [-0.05, 0) is 35.9 Å². The molecule has 1 aliphatic heterocycles. The Morgan fingerprint density at radius 1 is 1.06 bits per heavy atom. The van der Waals surface area contributed by atoms with Crippen molar-refractivity contribution in [2.45, 2.75) is 32.1 Å². The maximum Gasteiger partial charge on any atom is 0.215 e. The molecule has 0 radical (unpaired) electrons. The van der Waals surface area contributed by atoms with Crippen molar-refractivity contribution >= 4 is 24.3 Å². The lowest BCUT2D eigenvalue weighted by atomic mass is 10.0. The van der Waals surface area contributed by atoms with E-state index in [9.17, 15) is 8.78 Å². The van der Waals surface area contributed by atoms with Gasteiger partial charge in [-0.3, -0.25) is 0 Å². The summed E-state index contributed by atoms with van der Waals surface area (Å²) >= 11 is 4.31. The number of halogens is 2. The molecule has 0 atom stereocenters. The molecule has 0 unspecified atom stereocenters. The number of nitrogens with zero attached hydrogens (tertiary/aromatic N) is 2. The van der Waals surface area contributed by atoms with E-state index in [2.05, 4.69) is 27.9 Å². The average molecular weight is 461 g/mol. The van der Waals surface area contributed by atoms with Crippen molar-refractivity contribution in [3.05, 3.63) is 59.8 Å². The minimum Gasteiger partial charge on any atom is -0.493 e. The predicted molar refractivity (Wildman–Crippen MR) is 125 cm³/mol. The van der Waals surface area contributed by atoms with Crippen LogP contribution in [0.25, 0.3) is 11.1 Å². The highest BCUT2D eigenvalue weighted by Crippen LogP contribution is 2.34. The molecular weight excluding hydrogens is 434 g/mol. The van der Waals surface area contributed by atoms with E-state index in [0.717, 1.165) is 11.8 Å². The second kappa shape index (κ2) is 11.1. The number of aromatic nitrogens is 2. The van der Waals surface area contributed by atoms with Crippen molar-refractivity contribution in [3.8, 4) is 22.8 Å². The molecule has 0 amide bonds. The van der Waals surface area contributed by atoms with Gasteiger partial charge in [0, 0.05) is 35.4 Å². The van der Waals surface area contributed by atoms with Crippen molar-refractivity contribution in [1.29, 1.82) is 0 Å². The molecule has 170 valence electrons. The molecule has 0 aliphatic carbocycles. The number of rotatable bonds is 1. The fourth-order valence-corrected chi connectivity index (χ4v) is 3.07. The fraction of sp³-hybridized carbons (Fsp3) is 0.304. The molecule has 4 bridgehead atoms. The van der Waals surface area contributed by atoms with Gasteiger partial charge in [-0.15, -0.1) is 0 Å². The SMILES string of the molecule is CC(C)N.Fc1ccc2c(c1)OCCCOc1cc(CS)cc(n1)Nc1cc-2c(F)cn1. The van der Waals surface area contributed by atoms with Crippen molar-refractivity contribution in [1.82, 2.24) is 9.97 Å². The van der Waals surface area contributed by atoms with Gasteiger partial charge < -0.3 is 20.5 Å². The summed E-state index contributed by atoms with van der Waals surface area (Å²) in [5, 5.41) is 3.06. The molecule has 6 nitrogen and oxygen atoms in total. The molecule has 2 aromatic heterocycles. The Balaban J connectivity index is 0.000000668. The number of ether oxygens (including phenoxy) is 2. The first-order valence-corrected chi connectivity index (χ1v) is 10.8. The Morgan fingerprint density at radius 3 is 2.56 bits per heavy atom. The topological polar surface area (TPSA) is 82.3 Å². The molecule has 0 saturated heterocycles. The Kier molecular flexibility index (Phi) is 8.24. The zero-order chi connectivity index (χ0) is 23.1. The zero-order valence-electron chi connectivity index (χ0n) is 17.9.